The molecule has 0 saturated carbocycles. The molecular weight excluding hydrogens is 350 g/mol. The van der Waals surface area contributed by atoms with Crippen molar-refractivity contribution in [2.45, 2.75) is 33.9 Å². The number of nitrogens with one attached hydrogen (secondary N) is 1. The molecule has 3 aromatic rings. The van der Waals surface area contributed by atoms with E-state index in [2.05, 4.69) is 18.2 Å². The summed E-state index contributed by atoms with van der Waals surface area (Å²) in [6.45, 7) is 8.06. The van der Waals surface area contributed by atoms with Crippen LogP contribution in [0, 0.1) is 20.8 Å². The van der Waals surface area contributed by atoms with Gasteiger partial charge in [-0.2, -0.15) is 0 Å². The van der Waals surface area contributed by atoms with Crippen LogP contribution in [0.3, 0.4) is 0 Å². The van der Waals surface area contributed by atoms with Crippen molar-refractivity contribution in [1.29, 1.82) is 0 Å². The van der Waals surface area contributed by atoms with E-state index in [0.717, 1.165) is 45.9 Å². The molecule has 0 spiro atoms. The third-order valence-corrected chi connectivity index (χ3v) is 5.48. The first-order chi connectivity index (χ1) is 12.4. The summed E-state index contributed by atoms with van der Waals surface area (Å²) in [6, 6.07) is 10.1. The van der Waals surface area contributed by atoms with Crippen molar-refractivity contribution in [3.8, 4) is 5.75 Å². The van der Waals surface area contributed by atoms with Crippen LogP contribution in [0.2, 0.25) is 5.02 Å². The molecule has 1 atom stereocenters. The Kier molecular flexibility index (Phi) is 4.25. The number of fused-ring (bicyclic) bond motifs is 2. The minimum atomic E-state index is -0.274. The van der Waals surface area contributed by atoms with Crippen LogP contribution >= 0.6 is 11.6 Å². The Morgan fingerprint density at radius 2 is 1.81 bits per heavy atom. The Bertz CT molecular complexity index is 1050. The predicted octanol–water partition coefficient (Wildman–Crippen LogP) is 3.31. The Hall–Kier alpha value is -2.30. The molecule has 4 rings (SSSR count). The Balaban J connectivity index is 1.71. The van der Waals surface area contributed by atoms with E-state index in [1.54, 1.807) is 0 Å². The largest absolute Gasteiger partial charge is 0.444 e. The molecule has 0 aliphatic carbocycles. The summed E-state index contributed by atoms with van der Waals surface area (Å²) in [7, 11) is 0. The number of hydrogen-bond acceptors (Lipinski definition) is 3. The molecule has 0 amide bonds. The summed E-state index contributed by atoms with van der Waals surface area (Å²) in [6.07, 6.45) is 0. The van der Waals surface area contributed by atoms with Crippen LogP contribution in [-0.4, -0.2) is 6.73 Å². The summed E-state index contributed by atoms with van der Waals surface area (Å²) in [5.74, 6) is 0.851. The third kappa shape index (κ3) is 2.89. The van der Waals surface area contributed by atoms with Crippen molar-refractivity contribution >= 4 is 22.6 Å². The van der Waals surface area contributed by atoms with Crippen molar-refractivity contribution in [2.24, 2.45) is 0 Å². The molecule has 1 N–H and O–H groups in total. The van der Waals surface area contributed by atoms with Crippen LogP contribution in [0.15, 0.2) is 39.5 Å². The first kappa shape index (κ1) is 17.1. The van der Waals surface area contributed by atoms with Crippen molar-refractivity contribution in [3.63, 3.8) is 0 Å². The smallest absolute Gasteiger partial charge is 0.339 e. The van der Waals surface area contributed by atoms with Gasteiger partial charge in [-0.15, -0.1) is 0 Å². The van der Waals surface area contributed by atoms with E-state index in [-0.39, 0.29) is 5.63 Å². The number of ether oxygens (including phenoxy) is 1. The minimum Gasteiger partial charge on any atom is -0.444 e. The topological polar surface area (TPSA) is 43.9 Å². The highest BCUT2D eigenvalue weighted by Gasteiger charge is 2.25. The van der Waals surface area contributed by atoms with Gasteiger partial charge < -0.3 is 9.15 Å². The zero-order valence-electron chi connectivity index (χ0n) is 15.1. The SMILES string of the molecule is Cc1c(C)c2cc3c(c(C)c2oc1=O)OC[NH+](Cc1ccc(Cl)cc1)C3. The molecule has 26 heavy (non-hydrogen) atoms. The lowest BCUT2D eigenvalue weighted by molar-refractivity contribution is -0.945. The zero-order valence-corrected chi connectivity index (χ0v) is 15.9. The lowest BCUT2D eigenvalue weighted by Crippen LogP contribution is -3.10. The molecule has 134 valence electrons. The normalized spacial score (nSPS) is 16.4. The zero-order chi connectivity index (χ0) is 18.4. The number of aryl methyl sites for hydroxylation is 2. The van der Waals surface area contributed by atoms with Crippen LogP contribution < -0.4 is 15.3 Å². The number of quaternary nitrogens is 1. The van der Waals surface area contributed by atoms with E-state index in [9.17, 15) is 4.79 Å². The van der Waals surface area contributed by atoms with Crippen LogP contribution in [0.4, 0.5) is 0 Å². The highest BCUT2D eigenvalue weighted by molar-refractivity contribution is 6.30. The second kappa shape index (κ2) is 6.45. The van der Waals surface area contributed by atoms with Crippen LogP contribution in [0.1, 0.15) is 27.8 Å². The second-order valence-corrected chi connectivity index (χ2v) is 7.46. The van der Waals surface area contributed by atoms with Gasteiger partial charge in [0.05, 0.1) is 0 Å². The van der Waals surface area contributed by atoms with Crippen molar-refractivity contribution in [1.82, 2.24) is 0 Å². The maximum absolute atomic E-state index is 12.0. The monoisotopic (exact) mass is 370 g/mol. The number of benzene rings is 2. The molecule has 1 aliphatic rings. The molecule has 0 saturated heterocycles. The summed E-state index contributed by atoms with van der Waals surface area (Å²) < 4.78 is 11.6. The molecule has 0 bridgehead atoms. The number of halogens is 1. The molecule has 2 aromatic carbocycles. The lowest BCUT2D eigenvalue weighted by Gasteiger charge is -2.28. The molecule has 5 heteroatoms. The predicted molar refractivity (Wildman–Crippen MR) is 102 cm³/mol. The first-order valence-corrected chi connectivity index (χ1v) is 9.09. The second-order valence-electron chi connectivity index (χ2n) is 7.02. The Morgan fingerprint density at radius 1 is 1.08 bits per heavy atom. The van der Waals surface area contributed by atoms with E-state index in [1.807, 2.05) is 32.9 Å². The third-order valence-electron chi connectivity index (χ3n) is 5.23. The highest BCUT2D eigenvalue weighted by Crippen LogP contribution is 2.33. The van der Waals surface area contributed by atoms with Crippen LogP contribution in [0.25, 0.3) is 11.0 Å². The van der Waals surface area contributed by atoms with Gasteiger partial charge in [0.25, 0.3) is 0 Å². The molecule has 1 aliphatic heterocycles. The van der Waals surface area contributed by atoms with Crippen molar-refractivity contribution in [2.75, 3.05) is 6.73 Å². The molecule has 1 aromatic heterocycles. The molecule has 1 unspecified atom stereocenters. The fraction of sp³-hybridized carbons (Fsp3) is 0.286. The fourth-order valence-electron chi connectivity index (χ4n) is 3.62. The van der Waals surface area contributed by atoms with Crippen molar-refractivity contribution in [3.05, 3.63) is 73.6 Å². The number of hydrogen-bond donors (Lipinski definition) is 1. The highest BCUT2D eigenvalue weighted by atomic mass is 35.5. The quantitative estimate of drug-likeness (QED) is 0.704. The van der Waals surface area contributed by atoms with E-state index in [4.69, 9.17) is 20.8 Å². The van der Waals surface area contributed by atoms with Gasteiger partial charge in [0.2, 0.25) is 6.73 Å². The lowest BCUT2D eigenvalue weighted by atomic mass is 9.99. The van der Waals surface area contributed by atoms with Crippen LogP contribution in [-0.2, 0) is 13.1 Å². The molecular formula is C21H21ClNO3+. The molecule has 4 nitrogen and oxygen atoms in total. The minimum absolute atomic E-state index is 0.274. The maximum atomic E-state index is 12.0. The molecule has 0 radical (unpaired) electrons. The molecule has 0 fully saturated rings. The van der Waals surface area contributed by atoms with Gasteiger partial charge in [-0.25, -0.2) is 4.79 Å². The van der Waals surface area contributed by atoms with Gasteiger partial charge in [-0.1, -0.05) is 23.7 Å². The first-order valence-electron chi connectivity index (χ1n) is 8.71. The summed E-state index contributed by atoms with van der Waals surface area (Å²) in [5, 5.41) is 1.74. The van der Waals surface area contributed by atoms with Gasteiger partial charge in [0, 0.05) is 32.7 Å². The Labute approximate surface area is 156 Å². The average molecular weight is 371 g/mol. The van der Waals surface area contributed by atoms with E-state index < -0.39 is 0 Å². The summed E-state index contributed by atoms with van der Waals surface area (Å²) in [4.78, 5) is 13.4. The van der Waals surface area contributed by atoms with E-state index >= 15 is 0 Å². The molecule has 2 heterocycles. The van der Waals surface area contributed by atoms with Gasteiger partial charge in [-0.05, 0) is 44.5 Å². The van der Waals surface area contributed by atoms with Crippen molar-refractivity contribution < 1.29 is 14.1 Å². The average Bonchev–Trinajstić information content (AvgIpc) is 2.63. The standard InChI is InChI=1S/C21H20ClNO3/c1-12-13(2)21(24)26-20-14(3)19-16(8-18(12)20)10-23(11-25-19)9-15-4-6-17(22)7-5-15/h4-8H,9-11H2,1-3H3/p+1. The van der Waals surface area contributed by atoms with Gasteiger partial charge in [0.15, 0.2) is 0 Å². The summed E-state index contributed by atoms with van der Waals surface area (Å²) in [5.41, 5.74) is 5.30. The fourth-order valence-corrected chi connectivity index (χ4v) is 3.74. The van der Waals surface area contributed by atoms with Gasteiger partial charge in [-0.3, -0.25) is 4.90 Å². The van der Waals surface area contributed by atoms with Crippen LogP contribution in [0.5, 0.6) is 5.75 Å². The maximum Gasteiger partial charge on any atom is 0.339 e. The Morgan fingerprint density at radius 3 is 2.54 bits per heavy atom. The van der Waals surface area contributed by atoms with Gasteiger partial charge in [0.1, 0.15) is 24.4 Å². The van der Waals surface area contributed by atoms with E-state index in [0.29, 0.717) is 17.9 Å². The number of rotatable bonds is 2. The van der Waals surface area contributed by atoms with Gasteiger partial charge >= 0.3 is 5.63 Å². The van der Waals surface area contributed by atoms with E-state index in [1.165, 1.54) is 10.5 Å². The summed E-state index contributed by atoms with van der Waals surface area (Å²) >= 11 is 5.97.